The van der Waals surface area contributed by atoms with Gasteiger partial charge in [0.2, 0.25) is 0 Å². The number of benzene rings is 2. The minimum Gasteiger partial charge on any atom is -0.497 e. The van der Waals surface area contributed by atoms with E-state index in [2.05, 4.69) is 4.98 Å². The van der Waals surface area contributed by atoms with Gasteiger partial charge in [0.25, 0.3) is 0 Å². The molecule has 5 nitrogen and oxygen atoms in total. The summed E-state index contributed by atoms with van der Waals surface area (Å²) in [5.41, 5.74) is 9.05. The number of hydrogen-bond acceptors (Lipinski definition) is 4. The Hall–Kier alpha value is -2.53. The molecule has 0 radical (unpaired) electrons. The minimum atomic E-state index is -0.680. The van der Waals surface area contributed by atoms with Crippen LogP contribution in [0.25, 0.3) is 16.7 Å². The molecule has 0 aliphatic rings. The van der Waals surface area contributed by atoms with Gasteiger partial charge in [-0.25, -0.2) is 4.98 Å². The molecule has 3 N–H and O–H groups in total. The van der Waals surface area contributed by atoms with Crippen LogP contribution < -0.4 is 10.5 Å². The molecule has 3 rings (SSSR count). The highest BCUT2D eigenvalue weighted by Crippen LogP contribution is 2.27. The largest absolute Gasteiger partial charge is 0.497 e. The van der Waals surface area contributed by atoms with Crippen molar-refractivity contribution in [3.8, 4) is 11.4 Å². The van der Waals surface area contributed by atoms with Crippen LogP contribution in [0, 0.1) is 0 Å². The highest BCUT2D eigenvalue weighted by molar-refractivity contribution is 5.81. The fraction of sp³-hybridized carbons (Fsp3) is 0.188. The lowest BCUT2D eigenvalue weighted by atomic mass is 10.2. The van der Waals surface area contributed by atoms with E-state index in [-0.39, 0.29) is 0 Å². The maximum Gasteiger partial charge on any atom is 0.143 e. The smallest absolute Gasteiger partial charge is 0.143 e. The Morgan fingerprint density at radius 2 is 1.90 bits per heavy atom. The van der Waals surface area contributed by atoms with Crippen LogP contribution in [-0.2, 0) is 0 Å². The summed E-state index contributed by atoms with van der Waals surface area (Å²) in [6.45, 7) is 1.70. The number of fused-ring (bicyclic) bond motifs is 1. The number of ether oxygens (including phenoxy) is 1. The molecule has 0 saturated heterocycles. The minimum absolute atomic E-state index is 0.584. The molecular formula is C16H17N3O2. The average molecular weight is 283 g/mol. The quantitative estimate of drug-likeness (QED) is 0.725. The summed E-state index contributed by atoms with van der Waals surface area (Å²) < 4.78 is 7.11. The Kier molecular flexibility index (Phi) is 3.27. The van der Waals surface area contributed by atoms with Gasteiger partial charge in [-0.15, -0.1) is 0 Å². The van der Waals surface area contributed by atoms with Crippen molar-refractivity contribution < 1.29 is 9.84 Å². The third-order valence-corrected chi connectivity index (χ3v) is 3.41. The van der Waals surface area contributed by atoms with Crippen molar-refractivity contribution in [1.82, 2.24) is 9.55 Å². The molecule has 108 valence electrons. The van der Waals surface area contributed by atoms with E-state index in [1.54, 1.807) is 20.1 Å². The monoisotopic (exact) mass is 283 g/mol. The van der Waals surface area contributed by atoms with Crippen LogP contribution in [0.5, 0.6) is 5.75 Å². The molecule has 21 heavy (non-hydrogen) atoms. The molecule has 0 fully saturated rings. The Balaban J connectivity index is 2.25. The van der Waals surface area contributed by atoms with Gasteiger partial charge in [-0.2, -0.15) is 0 Å². The van der Waals surface area contributed by atoms with Gasteiger partial charge in [0.05, 0.1) is 18.1 Å². The van der Waals surface area contributed by atoms with E-state index in [4.69, 9.17) is 10.5 Å². The highest BCUT2D eigenvalue weighted by atomic mass is 16.5. The standard InChI is InChI=1S/C16H17N3O2/c1-10(20)16-18-14-9-11(17)3-8-15(14)19(16)12-4-6-13(21-2)7-5-12/h3-10,20H,17H2,1-2H3. The summed E-state index contributed by atoms with van der Waals surface area (Å²) in [7, 11) is 1.63. The van der Waals surface area contributed by atoms with Crippen LogP contribution in [0.15, 0.2) is 42.5 Å². The first-order valence-electron chi connectivity index (χ1n) is 6.70. The number of nitrogens with two attached hydrogens (primary N) is 1. The molecule has 0 spiro atoms. The molecule has 1 aromatic heterocycles. The van der Waals surface area contributed by atoms with E-state index in [1.807, 2.05) is 41.0 Å². The molecule has 3 aromatic rings. The maximum absolute atomic E-state index is 10.00. The van der Waals surface area contributed by atoms with Crippen LogP contribution >= 0.6 is 0 Å². The van der Waals surface area contributed by atoms with Crippen molar-refractivity contribution in [2.45, 2.75) is 13.0 Å². The first-order valence-corrected chi connectivity index (χ1v) is 6.70. The SMILES string of the molecule is COc1ccc(-n2c(C(C)O)nc3cc(N)ccc32)cc1. The summed E-state index contributed by atoms with van der Waals surface area (Å²) >= 11 is 0. The molecule has 0 bridgehead atoms. The van der Waals surface area contributed by atoms with Crippen LogP contribution in [0.3, 0.4) is 0 Å². The van der Waals surface area contributed by atoms with Gasteiger partial charge in [-0.1, -0.05) is 0 Å². The lowest BCUT2D eigenvalue weighted by Gasteiger charge is -2.11. The van der Waals surface area contributed by atoms with Gasteiger partial charge in [0, 0.05) is 11.4 Å². The second-order valence-corrected chi connectivity index (χ2v) is 4.93. The fourth-order valence-corrected chi connectivity index (χ4v) is 2.40. The molecule has 1 atom stereocenters. The van der Waals surface area contributed by atoms with Crippen molar-refractivity contribution in [2.75, 3.05) is 12.8 Å². The number of nitrogen functional groups attached to an aromatic ring is 1. The number of nitrogens with zero attached hydrogens (tertiary/aromatic N) is 2. The Morgan fingerprint density at radius 3 is 2.52 bits per heavy atom. The molecule has 0 aliphatic heterocycles. The van der Waals surface area contributed by atoms with E-state index in [0.717, 1.165) is 22.5 Å². The number of hydrogen-bond donors (Lipinski definition) is 2. The van der Waals surface area contributed by atoms with Crippen LogP contribution in [0.4, 0.5) is 5.69 Å². The molecule has 1 heterocycles. The van der Waals surface area contributed by atoms with E-state index in [9.17, 15) is 5.11 Å². The number of imidazole rings is 1. The third-order valence-electron chi connectivity index (χ3n) is 3.41. The predicted molar refractivity (Wildman–Crippen MR) is 82.7 cm³/mol. The lowest BCUT2D eigenvalue weighted by molar-refractivity contribution is 0.187. The lowest BCUT2D eigenvalue weighted by Crippen LogP contribution is -2.04. The van der Waals surface area contributed by atoms with Gasteiger partial charge >= 0.3 is 0 Å². The van der Waals surface area contributed by atoms with Crippen molar-refractivity contribution in [2.24, 2.45) is 0 Å². The molecule has 0 amide bonds. The number of anilines is 1. The van der Waals surface area contributed by atoms with Gasteiger partial charge in [-0.3, -0.25) is 4.57 Å². The van der Waals surface area contributed by atoms with Gasteiger partial charge in [-0.05, 0) is 49.4 Å². The maximum atomic E-state index is 10.00. The van der Waals surface area contributed by atoms with E-state index >= 15 is 0 Å². The summed E-state index contributed by atoms with van der Waals surface area (Å²) in [5.74, 6) is 1.37. The second kappa shape index (κ2) is 5.10. The molecule has 0 saturated carbocycles. The highest BCUT2D eigenvalue weighted by Gasteiger charge is 2.16. The zero-order chi connectivity index (χ0) is 15.0. The molecular weight excluding hydrogens is 266 g/mol. The zero-order valence-electron chi connectivity index (χ0n) is 11.9. The summed E-state index contributed by atoms with van der Waals surface area (Å²) in [4.78, 5) is 4.49. The number of aromatic nitrogens is 2. The summed E-state index contributed by atoms with van der Waals surface area (Å²) in [5, 5.41) is 10.00. The molecule has 2 aromatic carbocycles. The van der Waals surface area contributed by atoms with Crippen molar-refractivity contribution in [1.29, 1.82) is 0 Å². The topological polar surface area (TPSA) is 73.3 Å². The zero-order valence-corrected chi connectivity index (χ0v) is 11.9. The predicted octanol–water partition coefficient (Wildman–Crippen LogP) is 2.67. The molecule has 5 heteroatoms. The second-order valence-electron chi connectivity index (χ2n) is 4.93. The summed E-state index contributed by atoms with van der Waals surface area (Å²) in [6.07, 6.45) is -0.680. The van der Waals surface area contributed by atoms with E-state index in [1.165, 1.54) is 0 Å². The van der Waals surface area contributed by atoms with Crippen molar-refractivity contribution in [3.63, 3.8) is 0 Å². The number of aliphatic hydroxyl groups is 1. The van der Waals surface area contributed by atoms with Crippen LogP contribution in [-0.4, -0.2) is 21.8 Å². The first kappa shape index (κ1) is 13.5. The Morgan fingerprint density at radius 1 is 1.19 bits per heavy atom. The van der Waals surface area contributed by atoms with Crippen LogP contribution in [0.2, 0.25) is 0 Å². The number of rotatable bonds is 3. The van der Waals surface area contributed by atoms with Gasteiger partial charge in [0.1, 0.15) is 17.7 Å². The van der Waals surface area contributed by atoms with Crippen molar-refractivity contribution >= 4 is 16.7 Å². The molecule has 1 unspecified atom stereocenters. The van der Waals surface area contributed by atoms with Crippen LogP contribution in [0.1, 0.15) is 18.9 Å². The molecule has 0 aliphatic carbocycles. The summed E-state index contributed by atoms with van der Waals surface area (Å²) in [6, 6.07) is 13.2. The van der Waals surface area contributed by atoms with Crippen molar-refractivity contribution in [3.05, 3.63) is 48.3 Å². The Bertz CT molecular complexity index is 776. The Labute approximate surface area is 122 Å². The number of aliphatic hydroxyl groups excluding tert-OH is 1. The van der Waals surface area contributed by atoms with E-state index < -0.39 is 6.10 Å². The normalized spacial score (nSPS) is 12.5. The van der Waals surface area contributed by atoms with Gasteiger partial charge < -0.3 is 15.6 Å². The fourth-order valence-electron chi connectivity index (χ4n) is 2.40. The van der Waals surface area contributed by atoms with E-state index in [0.29, 0.717) is 11.5 Å². The first-order chi connectivity index (χ1) is 10.1. The number of methoxy groups -OCH3 is 1. The van der Waals surface area contributed by atoms with Gasteiger partial charge in [0.15, 0.2) is 0 Å². The third kappa shape index (κ3) is 2.32. The average Bonchev–Trinajstić information content (AvgIpc) is 2.86.